The molecular formula is C25H30FNO. The van der Waals surface area contributed by atoms with Crippen molar-refractivity contribution in [2.24, 2.45) is 5.92 Å². The molecule has 28 heavy (non-hydrogen) atoms. The second-order valence-electron chi connectivity index (χ2n) is 8.13. The van der Waals surface area contributed by atoms with Crippen molar-refractivity contribution in [1.82, 2.24) is 0 Å². The van der Waals surface area contributed by atoms with Gasteiger partial charge in [-0.25, -0.2) is 4.39 Å². The minimum atomic E-state index is -0.377. The fourth-order valence-electron chi connectivity index (χ4n) is 4.02. The van der Waals surface area contributed by atoms with Crippen LogP contribution in [0.1, 0.15) is 67.2 Å². The van der Waals surface area contributed by atoms with Crippen LogP contribution < -0.4 is 5.73 Å². The summed E-state index contributed by atoms with van der Waals surface area (Å²) in [6, 6.07) is 10.7. The first-order valence-electron chi connectivity index (χ1n) is 10.1. The molecule has 0 aliphatic heterocycles. The molecule has 1 fully saturated rings. The van der Waals surface area contributed by atoms with Gasteiger partial charge in [-0.1, -0.05) is 51.0 Å². The molecule has 2 nitrogen and oxygen atoms in total. The lowest BCUT2D eigenvalue weighted by atomic mass is 9.79. The van der Waals surface area contributed by atoms with Crippen LogP contribution in [-0.2, 0) is 0 Å². The number of rotatable bonds is 7. The molecule has 148 valence electrons. The minimum absolute atomic E-state index is 0.0566. The summed E-state index contributed by atoms with van der Waals surface area (Å²) < 4.78 is 13.5. The molecule has 1 unspecified atom stereocenters. The number of nitrogen functional groups attached to an aromatic ring is 1. The number of benzene rings is 2. The zero-order valence-corrected chi connectivity index (χ0v) is 16.8. The third-order valence-corrected chi connectivity index (χ3v) is 5.97. The van der Waals surface area contributed by atoms with Crippen molar-refractivity contribution in [3.05, 3.63) is 82.9 Å². The zero-order chi connectivity index (χ0) is 20.3. The SMILES string of the molecule is C=C(O)/C=C(\c1ccc(C)c(C(C)CCC2CCC2)c1)c1ccc(F)cc1N. The van der Waals surface area contributed by atoms with Gasteiger partial charge in [0.05, 0.1) is 0 Å². The van der Waals surface area contributed by atoms with Crippen LogP contribution in [0, 0.1) is 18.7 Å². The van der Waals surface area contributed by atoms with E-state index in [1.165, 1.54) is 55.4 Å². The van der Waals surface area contributed by atoms with Gasteiger partial charge in [0.1, 0.15) is 11.6 Å². The van der Waals surface area contributed by atoms with Crippen molar-refractivity contribution in [3.8, 4) is 0 Å². The molecule has 1 saturated carbocycles. The van der Waals surface area contributed by atoms with Crippen LogP contribution in [0.3, 0.4) is 0 Å². The topological polar surface area (TPSA) is 46.2 Å². The van der Waals surface area contributed by atoms with Crippen LogP contribution in [0.2, 0.25) is 0 Å². The minimum Gasteiger partial charge on any atom is -0.509 e. The maximum Gasteiger partial charge on any atom is 0.125 e. The predicted octanol–water partition coefficient (Wildman–Crippen LogP) is 6.90. The van der Waals surface area contributed by atoms with Crippen molar-refractivity contribution >= 4 is 11.3 Å². The lowest BCUT2D eigenvalue weighted by Crippen LogP contribution is -2.12. The summed E-state index contributed by atoms with van der Waals surface area (Å²) in [6.07, 6.45) is 8.19. The molecule has 2 aromatic rings. The zero-order valence-electron chi connectivity index (χ0n) is 16.8. The van der Waals surface area contributed by atoms with E-state index in [1.54, 1.807) is 12.1 Å². The van der Waals surface area contributed by atoms with Gasteiger partial charge in [-0.15, -0.1) is 0 Å². The molecule has 0 saturated heterocycles. The van der Waals surface area contributed by atoms with E-state index in [2.05, 4.69) is 32.6 Å². The standard InChI is InChI=1S/C25H30FNO/c1-16(7-9-19-5-4-6-19)23-14-20(10-8-17(23)2)24(13-18(3)28)22-12-11-21(26)15-25(22)27/h8,10-16,19,28H,3-7,9,27H2,1-2H3/b24-13+. The van der Waals surface area contributed by atoms with Crippen LogP contribution >= 0.6 is 0 Å². The number of halogens is 1. The van der Waals surface area contributed by atoms with E-state index in [0.717, 1.165) is 17.1 Å². The first kappa shape index (κ1) is 20.2. The Morgan fingerprint density at radius 1 is 1.29 bits per heavy atom. The summed E-state index contributed by atoms with van der Waals surface area (Å²) in [4.78, 5) is 0. The Kier molecular flexibility index (Phi) is 6.23. The highest BCUT2D eigenvalue weighted by Gasteiger charge is 2.20. The molecule has 0 spiro atoms. The molecule has 0 bridgehead atoms. The predicted molar refractivity (Wildman–Crippen MR) is 116 cm³/mol. The molecule has 0 radical (unpaired) electrons. The smallest absolute Gasteiger partial charge is 0.125 e. The van der Waals surface area contributed by atoms with E-state index < -0.39 is 0 Å². The highest BCUT2D eigenvalue weighted by molar-refractivity contribution is 5.86. The first-order valence-corrected chi connectivity index (χ1v) is 10.1. The van der Waals surface area contributed by atoms with Gasteiger partial charge in [0.15, 0.2) is 0 Å². The fraction of sp³-hybridized carbons (Fsp3) is 0.360. The lowest BCUT2D eigenvalue weighted by molar-refractivity contribution is 0.284. The highest BCUT2D eigenvalue weighted by atomic mass is 19.1. The highest BCUT2D eigenvalue weighted by Crippen LogP contribution is 2.36. The van der Waals surface area contributed by atoms with E-state index in [9.17, 15) is 9.50 Å². The Morgan fingerprint density at radius 3 is 2.64 bits per heavy atom. The molecule has 0 amide bonds. The first-order chi connectivity index (χ1) is 13.3. The monoisotopic (exact) mass is 379 g/mol. The number of nitrogens with two attached hydrogens (primary N) is 1. The van der Waals surface area contributed by atoms with Gasteiger partial charge < -0.3 is 10.8 Å². The average molecular weight is 380 g/mol. The molecule has 0 heterocycles. The summed E-state index contributed by atoms with van der Waals surface area (Å²) in [6.45, 7) is 8.02. The largest absolute Gasteiger partial charge is 0.509 e. The molecular weight excluding hydrogens is 349 g/mol. The Balaban J connectivity index is 1.95. The number of aliphatic hydroxyl groups excluding tert-OH is 1. The van der Waals surface area contributed by atoms with Crippen molar-refractivity contribution in [2.75, 3.05) is 5.73 Å². The van der Waals surface area contributed by atoms with Crippen LogP contribution in [0.5, 0.6) is 0 Å². The Hall–Kier alpha value is -2.55. The number of anilines is 1. The maximum absolute atomic E-state index is 13.5. The summed E-state index contributed by atoms with van der Waals surface area (Å²) in [7, 11) is 0. The van der Waals surface area contributed by atoms with E-state index in [-0.39, 0.29) is 11.6 Å². The maximum atomic E-state index is 13.5. The molecule has 1 atom stereocenters. The molecule has 3 N–H and O–H groups in total. The van der Waals surface area contributed by atoms with Crippen LogP contribution in [0.15, 0.2) is 54.8 Å². The van der Waals surface area contributed by atoms with Crippen molar-refractivity contribution < 1.29 is 9.50 Å². The van der Waals surface area contributed by atoms with E-state index in [4.69, 9.17) is 5.73 Å². The normalized spacial score (nSPS) is 15.9. The summed E-state index contributed by atoms with van der Waals surface area (Å²) >= 11 is 0. The van der Waals surface area contributed by atoms with Gasteiger partial charge in [-0.05, 0) is 78.1 Å². The molecule has 1 aliphatic rings. The number of allylic oxidation sites excluding steroid dienone is 1. The van der Waals surface area contributed by atoms with Gasteiger partial charge >= 0.3 is 0 Å². The van der Waals surface area contributed by atoms with Gasteiger partial charge in [0.2, 0.25) is 0 Å². The summed E-state index contributed by atoms with van der Waals surface area (Å²) in [5, 5.41) is 9.82. The second-order valence-corrected chi connectivity index (χ2v) is 8.13. The van der Waals surface area contributed by atoms with E-state index in [1.807, 2.05) is 6.07 Å². The molecule has 2 aromatic carbocycles. The number of aliphatic hydroxyl groups is 1. The third-order valence-electron chi connectivity index (χ3n) is 5.97. The quantitative estimate of drug-likeness (QED) is 0.312. The Labute approximate surface area is 167 Å². The van der Waals surface area contributed by atoms with Crippen molar-refractivity contribution in [2.45, 2.75) is 51.9 Å². The molecule has 3 rings (SSSR count). The Bertz CT molecular complexity index is 895. The number of aryl methyl sites for hydroxylation is 1. The van der Waals surface area contributed by atoms with Gasteiger partial charge in [0, 0.05) is 11.3 Å². The Morgan fingerprint density at radius 2 is 2.04 bits per heavy atom. The van der Waals surface area contributed by atoms with Crippen LogP contribution in [0.4, 0.5) is 10.1 Å². The molecule has 3 heteroatoms. The van der Waals surface area contributed by atoms with E-state index >= 15 is 0 Å². The second kappa shape index (κ2) is 8.64. The van der Waals surface area contributed by atoms with Crippen LogP contribution in [-0.4, -0.2) is 5.11 Å². The van der Waals surface area contributed by atoms with Gasteiger partial charge in [-0.2, -0.15) is 0 Å². The summed E-state index contributed by atoms with van der Waals surface area (Å²) in [5.41, 5.74) is 11.4. The van der Waals surface area contributed by atoms with Crippen molar-refractivity contribution in [3.63, 3.8) is 0 Å². The number of hydrogen-bond acceptors (Lipinski definition) is 2. The third kappa shape index (κ3) is 4.64. The lowest BCUT2D eigenvalue weighted by Gasteiger charge is -2.27. The molecule has 1 aliphatic carbocycles. The van der Waals surface area contributed by atoms with Crippen LogP contribution in [0.25, 0.3) is 5.57 Å². The van der Waals surface area contributed by atoms with Gasteiger partial charge in [-0.3, -0.25) is 0 Å². The average Bonchev–Trinajstić information content (AvgIpc) is 2.59. The molecule has 0 aromatic heterocycles. The fourth-order valence-corrected chi connectivity index (χ4v) is 4.02. The van der Waals surface area contributed by atoms with E-state index in [0.29, 0.717) is 17.2 Å². The number of hydrogen-bond donors (Lipinski definition) is 2. The summed E-state index contributed by atoms with van der Waals surface area (Å²) in [5.74, 6) is 0.930. The van der Waals surface area contributed by atoms with Gasteiger partial charge in [0.25, 0.3) is 0 Å². The van der Waals surface area contributed by atoms with Crippen molar-refractivity contribution in [1.29, 1.82) is 0 Å².